The summed E-state index contributed by atoms with van der Waals surface area (Å²) in [6, 6.07) is 12.0. The van der Waals surface area contributed by atoms with Crippen molar-refractivity contribution in [3.05, 3.63) is 52.2 Å². The Balaban J connectivity index is 2.21. The highest BCUT2D eigenvalue weighted by Gasteiger charge is 2.15. The third kappa shape index (κ3) is 2.92. The van der Waals surface area contributed by atoms with Crippen molar-refractivity contribution in [2.75, 3.05) is 18.4 Å². The second kappa shape index (κ2) is 6.91. The van der Waals surface area contributed by atoms with E-state index in [1.54, 1.807) is 11.3 Å². The van der Waals surface area contributed by atoms with Crippen molar-refractivity contribution in [2.24, 2.45) is 0 Å². The van der Waals surface area contributed by atoms with Gasteiger partial charge < -0.3 is 5.32 Å². The summed E-state index contributed by atoms with van der Waals surface area (Å²) in [6.07, 6.45) is 0.182. The van der Waals surface area contributed by atoms with E-state index in [4.69, 9.17) is 0 Å². The van der Waals surface area contributed by atoms with Gasteiger partial charge in [0, 0.05) is 20.5 Å². The molecule has 0 amide bonds. The van der Waals surface area contributed by atoms with Gasteiger partial charge in [0.25, 0.3) is 0 Å². The molecule has 0 saturated heterocycles. The number of nitrogens with zero attached hydrogens (tertiary/aromatic N) is 1. The molecular weight excluding hydrogens is 316 g/mol. The van der Waals surface area contributed by atoms with Crippen LogP contribution in [0.25, 0.3) is 20.2 Å². The smallest absolute Gasteiger partial charge is 0.197 e. The van der Waals surface area contributed by atoms with Crippen molar-refractivity contribution in [2.45, 2.75) is 33.9 Å². The minimum atomic E-state index is 0.122. The molecule has 24 heavy (non-hydrogen) atoms. The van der Waals surface area contributed by atoms with E-state index in [1.165, 1.54) is 0 Å². The average molecular weight is 340 g/mol. The summed E-state index contributed by atoms with van der Waals surface area (Å²) in [6.45, 7) is 10.5. The minimum Gasteiger partial charge on any atom is -0.369 e. The zero-order chi connectivity index (χ0) is 17.3. The second-order valence-electron chi connectivity index (χ2n) is 6.10. The van der Waals surface area contributed by atoms with E-state index in [-0.39, 0.29) is 11.6 Å². The molecule has 0 aliphatic carbocycles. The number of hydrogen-bond donors (Lipinski definition) is 1. The Kier molecular flexibility index (Phi) is 4.88. The first kappa shape index (κ1) is 16.9. The molecule has 4 heteroatoms. The van der Waals surface area contributed by atoms with Crippen molar-refractivity contribution in [3.8, 4) is 0 Å². The molecule has 0 radical (unpaired) electrons. The Morgan fingerprint density at radius 3 is 2.54 bits per heavy atom. The number of nitrogens with one attached hydrogen (secondary N) is 1. The molecule has 0 fully saturated rings. The lowest BCUT2D eigenvalue weighted by Crippen LogP contribution is -2.38. The van der Waals surface area contributed by atoms with Gasteiger partial charge in [0.05, 0.1) is 11.6 Å². The summed E-state index contributed by atoms with van der Waals surface area (Å²) < 4.78 is 2.13. The fraction of sp³-hybridized carbons (Fsp3) is 0.350. The van der Waals surface area contributed by atoms with Gasteiger partial charge >= 0.3 is 0 Å². The van der Waals surface area contributed by atoms with Gasteiger partial charge in [-0.05, 0) is 50.7 Å². The second-order valence-corrected chi connectivity index (χ2v) is 7.16. The molecule has 126 valence electrons. The quantitative estimate of drug-likeness (QED) is 0.534. The lowest BCUT2D eigenvalue weighted by molar-refractivity contribution is 0.253. The van der Waals surface area contributed by atoms with E-state index >= 15 is 0 Å². The van der Waals surface area contributed by atoms with Crippen LogP contribution in [-0.2, 0) is 0 Å². The Bertz CT molecular complexity index is 928. The fourth-order valence-corrected chi connectivity index (χ4v) is 4.41. The van der Waals surface area contributed by atoms with Gasteiger partial charge in [0.15, 0.2) is 5.43 Å². The largest absolute Gasteiger partial charge is 0.369 e. The van der Waals surface area contributed by atoms with Gasteiger partial charge in [0.1, 0.15) is 0 Å². The highest BCUT2D eigenvalue weighted by atomic mass is 32.1. The minimum absolute atomic E-state index is 0.122. The standard InChI is InChI=1S/C20H24N2OS/c1-5-22(6-2)14(4)21-16-12-11-13(3)20-18(16)19(23)15-9-7-8-10-17(15)24-20/h7-12,14,21H,5-6H2,1-4H3. The zero-order valence-corrected chi connectivity index (χ0v) is 15.5. The summed E-state index contributed by atoms with van der Waals surface area (Å²) >= 11 is 1.70. The summed E-state index contributed by atoms with van der Waals surface area (Å²) in [4.78, 5) is 15.4. The lowest BCUT2D eigenvalue weighted by Gasteiger charge is -2.28. The van der Waals surface area contributed by atoms with Crippen LogP contribution in [0.15, 0.2) is 41.2 Å². The van der Waals surface area contributed by atoms with Crippen LogP contribution >= 0.6 is 11.3 Å². The van der Waals surface area contributed by atoms with Crippen LogP contribution in [0.4, 0.5) is 5.69 Å². The maximum atomic E-state index is 13.1. The molecule has 1 aromatic heterocycles. The molecule has 1 N–H and O–H groups in total. The molecule has 1 unspecified atom stereocenters. The molecule has 0 spiro atoms. The monoisotopic (exact) mass is 340 g/mol. The molecular formula is C20H24N2OS. The number of anilines is 1. The van der Waals surface area contributed by atoms with Gasteiger partial charge in [-0.3, -0.25) is 9.69 Å². The number of aryl methyl sites for hydroxylation is 1. The maximum Gasteiger partial charge on any atom is 0.197 e. The van der Waals surface area contributed by atoms with Gasteiger partial charge in [-0.15, -0.1) is 11.3 Å². The normalized spacial score (nSPS) is 12.9. The van der Waals surface area contributed by atoms with E-state index in [9.17, 15) is 4.79 Å². The molecule has 3 aromatic rings. The van der Waals surface area contributed by atoms with E-state index < -0.39 is 0 Å². The third-order valence-electron chi connectivity index (χ3n) is 4.65. The van der Waals surface area contributed by atoms with Gasteiger partial charge in [-0.2, -0.15) is 0 Å². The highest BCUT2D eigenvalue weighted by Crippen LogP contribution is 2.32. The Morgan fingerprint density at radius 1 is 1.12 bits per heavy atom. The highest BCUT2D eigenvalue weighted by molar-refractivity contribution is 7.24. The maximum absolute atomic E-state index is 13.1. The predicted octanol–water partition coefficient (Wildman–Crippen LogP) is 4.82. The number of rotatable bonds is 5. The third-order valence-corrected chi connectivity index (χ3v) is 5.96. The van der Waals surface area contributed by atoms with Crippen LogP contribution in [0, 0.1) is 6.92 Å². The topological polar surface area (TPSA) is 32.3 Å². The fourth-order valence-electron chi connectivity index (χ4n) is 3.24. The lowest BCUT2D eigenvalue weighted by atomic mass is 10.1. The molecule has 1 atom stereocenters. The average Bonchev–Trinajstić information content (AvgIpc) is 2.59. The molecule has 0 aliphatic heterocycles. The summed E-state index contributed by atoms with van der Waals surface area (Å²) in [5.41, 5.74) is 2.21. The molecule has 0 bridgehead atoms. The van der Waals surface area contributed by atoms with E-state index in [0.717, 1.165) is 44.5 Å². The first-order valence-corrected chi connectivity index (χ1v) is 9.34. The predicted molar refractivity (Wildman–Crippen MR) is 106 cm³/mol. The van der Waals surface area contributed by atoms with Gasteiger partial charge in [-0.1, -0.05) is 32.0 Å². The number of benzene rings is 2. The number of hydrogen-bond acceptors (Lipinski definition) is 4. The van der Waals surface area contributed by atoms with E-state index in [2.05, 4.69) is 44.0 Å². The molecule has 3 rings (SSSR count). The van der Waals surface area contributed by atoms with Crippen LogP contribution in [0.5, 0.6) is 0 Å². The van der Waals surface area contributed by atoms with E-state index in [1.807, 2.05) is 30.3 Å². The first-order valence-electron chi connectivity index (χ1n) is 8.52. The summed E-state index contributed by atoms with van der Waals surface area (Å²) in [7, 11) is 0. The van der Waals surface area contributed by atoms with Gasteiger partial charge in [0.2, 0.25) is 0 Å². The van der Waals surface area contributed by atoms with Crippen molar-refractivity contribution in [1.82, 2.24) is 4.90 Å². The molecule has 1 heterocycles. The SMILES string of the molecule is CCN(CC)C(C)Nc1ccc(C)c2sc3ccccc3c(=O)c12. The van der Waals surface area contributed by atoms with Crippen LogP contribution < -0.4 is 10.7 Å². The summed E-state index contributed by atoms with van der Waals surface area (Å²) in [5, 5.41) is 5.17. The van der Waals surface area contributed by atoms with Crippen molar-refractivity contribution < 1.29 is 0 Å². The Morgan fingerprint density at radius 2 is 1.83 bits per heavy atom. The van der Waals surface area contributed by atoms with Gasteiger partial charge in [-0.25, -0.2) is 0 Å². The molecule has 2 aromatic carbocycles. The molecule has 3 nitrogen and oxygen atoms in total. The molecule has 0 aliphatic rings. The van der Waals surface area contributed by atoms with Crippen LogP contribution in [0.3, 0.4) is 0 Å². The van der Waals surface area contributed by atoms with Crippen LogP contribution in [-0.4, -0.2) is 24.2 Å². The van der Waals surface area contributed by atoms with Crippen molar-refractivity contribution in [1.29, 1.82) is 0 Å². The Labute approximate surface area is 146 Å². The molecule has 0 saturated carbocycles. The van der Waals surface area contributed by atoms with Crippen LogP contribution in [0.1, 0.15) is 26.3 Å². The van der Waals surface area contributed by atoms with Crippen molar-refractivity contribution >= 4 is 37.2 Å². The first-order chi connectivity index (χ1) is 11.6. The van der Waals surface area contributed by atoms with Crippen LogP contribution in [0.2, 0.25) is 0 Å². The van der Waals surface area contributed by atoms with E-state index in [0.29, 0.717) is 0 Å². The summed E-state index contributed by atoms with van der Waals surface area (Å²) in [5.74, 6) is 0. The Hall–Kier alpha value is -1.91. The number of fused-ring (bicyclic) bond motifs is 2. The van der Waals surface area contributed by atoms with Crippen molar-refractivity contribution in [3.63, 3.8) is 0 Å². The zero-order valence-electron chi connectivity index (χ0n) is 14.7.